The van der Waals surface area contributed by atoms with Crippen molar-refractivity contribution in [3.63, 3.8) is 0 Å². The van der Waals surface area contributed by atoms with E-state index < -0.39 is 0 Å². The normalized spacial score (nSPS) is 14.3. The Labute approximate surface area is 126 Å². The van der Waals surface area contributed by atoms with Crippen LogP contribution in [-0.2, 0) is 11.2 Å². The Morgan fingerprint density at radius 2 is 2.00 bits per heavy atom. The predicted molar refractivity (Wildman–Crippen MR) is 79.7 cm³/mol. The molecule has 0 radical (unpaired) electrons. The highest BCUT2D eigenvalue weighted by Gasteiger charge is 2.28. The van der Waals surface area contributed by atoms with Gasteiger partial charge in [-0.1, -0.05) is 12.1 Å². The van der Waals surface area contributed by atoms with E-state index in [1.165, 1.54) is 18.4 Å². The molecule has 106 valence electrons. The number of benzene rings is 1. The van der Waals surface area contributed by atoms with Crippen molar-refractivity contribution in [2.45, 2.75) is 13.3 Å². The van der Waals surface area contributed by atoms with Crippen LogP contribution in [0.4, 0.5) is 0 Å². The summed E-state index contributed by atoms with van der Waals surface area (Å²) < 4.78 is 0. The minimum atomic E-state index is -0.348. The lowest BCUT2D eigenvalue weighted by molar-refractivity contribution is -0.127. The summed E-state index contributed by atoms with van der Waals surface area (Å²) in [6, 6.07) is 6.89. The molecule has 0 saturated heterocycles. The van der Waals surface area contributed by atoms with E-state index in [2.05, 4.69) is 0 Å². The molecule has 3 rings (SSSR count). The summed E-state index contributed by atoms with van der Waals surface area (Å²) in [5.74, 6) is -0.655. The number of thiophene rings is 1. The molecule has 1 aromatic heterocycles. The largest absolute Gasteiger partial charge is 0.288 e. The number of imide groups is 1. The lowest BCUT2D eigenvalue weighted by Gasteiger charge is -2.23. The van der Waals surface area contributed by atoms with Crippen LogP contribution in [0.1, 0.15) is 36.7 Å². The van der Waals surface area contributed by atoms with Crippen LogP contribution in [0.2, 0.25) is 0 Å². The summed E-state index contributed by atoms with van der Waals surface area (Å²) in [5.41, 5.74) is 2.54. The summed E-state index contributed by atoms with van der Waals surface area (Å²) in [6.45, 7) is 1.89. The van der Waals surface area contributed by atoms with Gasteiger partial charge in [-0.15, -0.1) is 11.3 Å². The number of carbonyl (C=O) groups is 3. The lowest BCUT2D eigenvalue weighted by atomic mass is 9.94. The maximum Gasteiger partial charge on any atom is 0.260 e. The monoisotopic (exact) mass is 299 g/mol. The van der Waals surface area contributed by atoms with E-state index in [-0.39, 0.29) is 24.0 Å². The molecule has 4 nitrogen and oxygen atoms in total. The average Bonchev–Trinajstić information content (AvgIpc) is 2.90. The van der Waals surface area contributed by atoms with Gasteiger partial charge in [0.05, 0.1) is 11.3 Å². The molecule has 1 aromatic carbocycles. The number of fused-ring (bicyclic) bond motifs is 1. The van der Waals surface area contributed by atoms with E-state index in [0.717, 1.165) is 10.5 Å². The average molecular weight is 299 g/mol. The lowest BCUT2D eigenvalue weighted by Crippen LogP contribution is -2.39. The van der Waals surface area contributed by atoms with Crippen molar-refractivity contribution in [1.82, 2.24) is 4.90 Å². The third-order valence-corrected chi connectivity index (χ3v) is 4.71. The Morgan fingerprint density at radius 3 is 2.67 bits per heavy atom. The van der Waals surface area contributed by atoms with Crippen molar-refractivity contribution in [1.29, 1.82) is 0 Å². The fourth-order valence-electron chi connectivity index (χ4n) is 2.38. The van der Waals surface area contributed by atoms with Crippen LogP contribution in [-0.4, -0.2) is 29.5 Å². The van der Waals surface area contributed by atoms with Crippen LogP contribution in [0.3, 0.4) is 0 Å². The summed E-state index contributed by atoms with van der Waals surface area (Å²) in [7, 11) is 1.46. The van der Waals surface area contributed by atoms with Gasteiger partial charge < -0.3 is 0 Å². The first-order valence-corrected chi connectivity index (χ1v) is 7.39. The van der Waals surface area contributed by atoms with Crippen molar-refractivity contribution < 1.29 is 14.4 Å². The van der Waals surface area contributed by atoms with Crippen LogP contribution in [0, 0.1) is 6.92 Å². The maximum absolute atomic E-state index is 12.5. The van der Waals surface area contributed by atoms with E-state index in [0.29, 0.717) is 21.6 Å². The molecule has 0 unspecified atom stereocenters. The predicted octanol–water partition coefficient (Wildman–Crippen LogP) is 2.44. The Morgan fingerprint density at radius 1 is 1.24 bits per heavy atom. The Kier molecular flexibility index (Phi) is 3.22. The minimum absolute atomic E-state index is 0.0855. The quantitative estimate of drug-likeness (QED) is 0.632. The first kappa shape index (κ1) is 13.7. The number of ketones is 1. The number of aryl methyl sites for hydroxylation is 1. The molecule has 0 bridgehead atoms. The zero-order chi connectivity index (χ0) is 15.1. The number of likely N-dealkylation sites (N-methyl/N-ethyl adjacent to an activating group) is 1. The molecular weight excluding hydrogens is 286 g/mol. The van der Waals surface area contributed by atoms with Gasteiger partial charge in [0, 0.05) is 18.2 Å². The molecule has 0 fully saturated rings. The first-order chi connectivity index (χ1) is 9.99. The molecule has 1 aliphatic heterocycles. The smallest absolute Gasteiger partial charge is 0.260 e. The molecule has 0 atom stereocenters. The second kappa shape index (κ2) is 4.93. The molecule has 2 aromatic rings. The highest BCUT2D eigenvalue weighted by molar-refractivity contribution is 7.12. The number of amides is 2. The minimum Gasteiger partial charge on any atom is -0.288 e. The molecule has 5 heteroatoms. The highest BCUT2D eigenvalue weighted by Crippen LogP contribution is 2.24. The highest BCUT2D eigenvalue weighted by atomic mass is 32.1. The van der Waals surface area contributed by atoms with Crippen molar-refractivity contribution in [3.05, 3.63) is 56.8 Å². The number of carbonyl (C=O) groups excluding carboxylic acids is 3. The summed E-state index contributed by atoms with van der Waals surface area (Å²) in [6.07, 6.45) is 0.198. The fourth-order valence-corrected chi connectivity index (χ4v) is 3.27. The number of hydrogen-bond donors (Lipinski definition) is 0. The molecule has 0 saturated carbocycles. The van der Waals surface area contributed by atoms with Gasteiger partial charge in [0.15, 0.2) is 0 Å². The van der Waals surface area contributed by atoms with Gasteiger partial charge in [0.2, 0.25) is 11.7 Å². The van der Waals surface area contributed by atoms with Gasteiger partial charge in [0.25, 0.3) is 5.91 Å². The van der Waals surface area contributed by atoms with E-state index in [9.17, 15) is 14.4 Å². The Balaban J connectivity index is 2.04. The fraction of sp³-hybridized carbons (Fsp3) is 0.188. The third-order valence-electron chi connectivity index (χ3n) is 3.69. The van der Waals surface area contributed by atoms with Crippen LogP contribution in [0.5, 0.6) is 0 Å². The summed E-state index contributed by atoms with van der Waals surface area (Å²) >= 11 is 1.39. The number of hydrogen-bond acceptors (Lipinski definition) is 4. The SMILES string of the molecule is Cc1ccsc1C(=O)c1ccc2c(c1)C(=O)N(C)C(=O)C2. The van der Waals surface area contributed by atoms with Gasteiger partial charge in [-0.2, -0.15) is 0 Å². The van der Waals surface area contributed by atoms with Gasteiger partial charge in [-0.25, -0.2) is 0 Å². The summed E-state index contributed by atoms with van der Waals surface area (Å²) in [4.78, 5) is 38.1. The Hall–Kier alpha value is -2.27. The van der Waals surface area contributed by atoms with Crippen LogP contribution >= 0.6 is 11.3 Å². The topological polar surface area (TPSA) is 54.5 Å². The van der Waals surface area contributed by atoms with Crippen LogP contribution in [0.15, 0.2) is 29.6 Å². The molecule has 0 aliphatic carbocycles. The molecule has 21 heavy (non-hydrogen) atoms. The molecular formula is C16H13NO3S. The second-order valence-corrected chi connectivity index (χ2v) is 5.98. The first-order valence-electron chi connectivity index (χ1n) is 6.51. The van der Waals surface area contributed by atoms with Crippen LogP contribution in [0.25, 0.3) is 0 Å². The zero-order valence-corrected chi connectivity index (χ0v) is 12.5. The Bertz CT molecular complexity index is 776. The van der Waals surface area contributed by atoms with E-state index in [1.54, 1.807) is 18.2 Å². The van der Waals surface area contributed by atoms with Crippen molar-refractivity contribution >= 4 is 28.9 Å². The van der Waals surface area contributed by atoms with Gasteiger partial charge in [-0.05, 0) is 35.6 Å². The molecule has 2 amide bonds. The van der Waals surface area contributed by atoms with Crippen molar-refractivity contribution in [3.8, 4) is 0 Å². The van der Waals surface area contributed by atoms with E-state index in [4.69, 9.17) is 0 Å². The molecule has 1 aliphatic rings. The second-order valence-electron chi connectivity index (χ2n) is 5.07. The number of nitrogens with zero attached hydrogens (tertiary/aromatic N) is 1. The van der Waals surface area contributed by atoms with Crippen molar-refractivity contribution in [2.24, 2.45) is 0 Å². The maximum atomic E-state index is 12.5. The van der Waals surface area contributed by atoms with E-state index >= 15 is 0 Å². The van der Waals surface area contributed by atoms with Crippen LogP contribution < -0.4 is 0 Å². The van der Waals surface area contributed by atoms with E-state index in [1.807, 2.05) is 18.4 Å². The zero-order valence-electron chi connectivity index (χ0n) is 11.7. The number of rotatable bonds is 2. The van der Waals surface area contributed by atoms with Crippen molar-refractivity contribution in [2.75, 3.05) is 7.05 Å². The van der Waals surface area contributed by atoms with Gasteiger partial charge >= 0.3 is 0 Å². The third kappa shape index (κ3) is 2.19. The standard InChI is InChI=1S/C16H13NO3S/c1-9-5-6-21-15(9)14(19)11-4-3-10-8-13(18)17(2)16(20)12(10)7-11/h3-7H,8H2,1-2H3. The molecule has 0 N–H and O–H groups in total. The molecule has 2 heterocycles. The van der Waals surface area contributed by atoms with Gasteiger partial charge in [0.1, 0.15) is 0 Å². The summed E-state index contributed by atoms with van der Waals surface area (Å²) in [5, 5.41) is 1.87. The molecule has 0 spiro atoms. The van der Waals surface area contributed by atoms with Gasteiger partial charge in [-0.3, -0.25) is 19.3 Å².